The van der Waals surface area contributed by atoms with Crippen molar-refractivity contribution in [3.63, 3.8) is 0 Å². The summed E-state index contributed by atoms with van der Waals surface area (Å²) in [6.45, 7) is 1.83. The molecule has 2 aliphatic rings. The second kappa shape index (κ2) is 2.21. The van der Waals surface area contributed by atoms with Crippen LogP contribution in [0.15, 0.2) is 5.16 Å². The number of carboxylic acid groups (broad SMARTS) is 1. The van der Waals surface area contributed by atoms with E-state index >= 15 is 0 Å². The number of carbonyl (C=O) groups is 1. The third-order valence-electron chi connectivity index (χ3n) is 2.82. The monoisotopic (exact) mass is 169 g/mol. The molecule has 0 amide bonds. The maximum absolute atomic E-state index is 11.0. The van der Waals surface area contributed by atoms with Crippen molar-refractivity contribution in [2.75, 3.05) is 0 Å². The van der Waals surface area contributed by atoms with E-state index < -0.39 is 11.6 Å². The Bertz CT molecular complexity index is 261. The molecule has 0 bridgehead atoms. The average Bonchev–Trinajstić information content (AvgIpc) is 2.53. The van der Waals surface area contributed by atoms with Gasteiger partial charge in [0, 0.05) is 6.42 Å². The van der Waals surface area contributed by atoms with Crippen LogP contribution in [-0.2, 0) is 9.63 Å². The summed E-state index contributed by atoms with van der Waals surface area (Å²) in [5, 5.41) is 12.7. The predicted octanol–water partition coefficient (Wildman–Crippen LogP) is 1.02. The molecule has 0 saturated heterocycles. The molecular formula is C8H11NO3. The molecule has 4 heteroatoms. The Balaban J connectivity index is 2.33. The summed E-state index contributed by atoms with van der Waals surface area (Å²) in [5.74, 6) is -0.861. The second-order valence-corrected chi connectivity index (χ2v) is 3.46. The van der Waals surface area contributed by atoms with Gasteiger partial charge in [-0.3, -0.25) is 0 Å². The lowest BCUT2D eigenvalue weighted by molar-refractivity contribution is -0.164. The van der Waals surface area contributed by atoms with Crippen molar-refractivity contribution < 1.29 is 14.7 Å². The number of aliphatic carboxylic acids is 1. The Morgan fingerprint density at radius 3 is 3.17 bits per heavy atom. The van der Waals surface area contributed by atoms with Gasteiger partial charge in [-0.25, -0.2) is 4.79 Å². The van der Waals surface area contributed by atoms with E-state index in [4.69, 9.17) is 9.94 Å². The quantitative estimate of drug-likeness (QED) is 0.637. The highest BCUT2D eigenvalue weighted by Gasteiger charge is 2.56. The highest BCUT2D eigenvalue weighted by molar-refractivity contribution is 5.94. The van der Waals surface area contributed by atoms with Gasteiger partial charge >= 0.3 is 5.97 Å². The Morgan fingerprint density at radius 1 is 1.83 bits per heavy atom. The summed E-state index contributed by atoms with van der Waals surface area (Å²) >= 11 is 0. The van der Waals surface area contributed by atoms with E-state index in [1.54, 1.807) is 0 Å². The molecule has 0 radical (unpaired) electrons. The van der Waals surface area contributed by atoms with Crippen LogP contribution in [0.2, 0.25) is 0 Å². The van der Waals surface area contributed by atoms with E-state index in [1.165, 1.54) is 0 Å². The zero-order valence-corrected chi connectivity index (χ0v) is 6.91. The lowest BCUT2D eigenvalue weighted by atomic mass is 9.88. The topological polar surface area (TPSA) is 58.9 Å². The average molecular weight is 169 g/mol. The largest absolute Gasteiger partial charge is 0.478 e. The number of hydrogen-bond acceptors (Lipinski definition) is 3. The predicted molar refractivity (Wildman–Crippen MR) is 41.9 cm³/mol. The van der Waals surface area contributed by atoms with Crippen LogP contribution in [0.5, 0.6) is 0 Å². The Hall–Kier alpha value is -1.06. The van der Waals surface area contributed by atoms with Crippen molar-refractivity contribution in [1.29, 1.82) is 0 Å². The van der Waals surface area contributed by atoms with Crippen LogP contribution in [-0.4, -0.2) is 22.4 Å². The van der Waals surface area contributed by atoms with Gasteiger partial charge in [-0.2, -0.15) is 0 Å². The molecule has 2 unspecified atom stereocenters. The van der Waals surface area contributed by atoms with Crippen molar-refractivity contribution in [3.8, 4) is 0 Å². The van der Waals surface area contributed by atoms with Crippen LogP contribution in [0.25, 0.3) is 0 Å². The molecule has 1 aliphatic heterocycles. The van der Waals surface area contributed by atoms with Gasteiger partial charge in [0.25, 0.3) is 0 Å². The molecule has 0 aromatic rings. The molecule has 1 heterocycles. The molecule has 2 atom stereocenters. The fraction of sp³-hybridized carbons (Fsp3) is 0.750. The van der Waals surface area contributed by atoms with Gasteiger partial charge in [0.05, 0.1) is 11.6 Å². The number of oxime groups is 1. The third kappa shape index (κ3) is 0.722. The molecule has 12 heavy (non-hydrogen) atoms. The van der Waals surface area contributed by atoms with Crippen molar-refractivity contribution >= 4 is 11.7 Å². The first-order chi connectivity index (χ1) is 5.67. The highest BCUT2D eigenvalue weighted by Crippen LogP contribution is 2.43. The van der Waals surface area contributed by atoms with E-state index in [9.17, 15) is 4.79 Å². The van der Waals surface area contributed by atoms with Gasteiger partial charge in [0.1, 0.15) is 0 Å². The van der Waals surface area contributed by atoms with E-state index in [-0.39, 0.29) is 5.92 Å². The van der Waals surface area contributed by atoms with Gasteiger partial charge < -0.3 is 9.94 Å². The van der Waals surface area contributed by atoms with Crippen LogP contribution in [0.3, 0.4) is 0 Å². The molecule has 1 fully saturated rings. The SMILES string of the molecule is CC1=NOC2(C(=O)O)CCCC12. The summed E-state index contributed by atoms with van der Waals surface area (Å²) in [6.07, 6.45) is 2.40. The van der Waals surface area contributed by atoms with Crippen LogP contribution in [0, 0.1) is 5.92 Å². The second-order valence-electron chi connectivity index (χ2n) is 3.46. The molecule has 0 spiro atoms. The van der Waals surface area contributed by atoms with E-state index in [2.05, 4.69) is 5.16 Å². The number of hydrogen-bond donors (Lipinski definition) is 1. The standard InChI is InChI=1S/C8H11NO3/c1-5-6-3-2-4-8(6,7(10)11)12-9-5/h6H,2-4H2,1H3,(H,10,11). The fourth-order valence-electron chi connectivity index (χ4n) is 2.14. The summed E-state index contributed by atoms with van der Waals surface area (Å²) in [7, 11) is 0. The molecule has 0 aromatic heterocycles. The van der Waals surface area contributed by atoms with Crippen LogP contribution in [0.4, 0.5) is 0 Å². The number of nitrogens with zero attached hydrogens (tertiary/aromatic N) is 1. The van der Waals surface area contributed by atoms with Crippen molar-refractivity contribution in [2.45, 2.75) is 31.8 Å². The first-order valence-electron chi connectivity index (χ1n) is 4.13. The third-order valence-corrected chi connectivity index (χ3v) is 2.82. The van der Waals surface area contributed by atoms with Crippen molar-refractivity contribution in [3.05, 3.63) is 0 Å². The molecule has 0 aromatic carbocycles. The lowest BCUT2D eigenvalue weighted by Gasteiger charge is -2.20. The van der Waals surface area contributed by atoms with E-state index in [0.717, 1.165) is 18.6 Å². The Labute approximate surface area is 70.2 Å². The van der Waals surface area contributed by atoms with Crippen molar-refractivity contribution in [1.82, 2.24) is 0 Å². The minimum absolute atomic E-state index is 0.00926. The molecule has 1 aliphatic carbocycles. The van der Waals surface area contributed by atoms with Crippen LogP contribution in [0.1, 0.15) is 26.2 Å². The van der Waals surface area contributed by atoms with E-state index in [0.29, 0.717) is 6.42 Å². The van der Waals surface area contributed by atoms with Gasteiger partial charge in [-0.05, 0) is 19.8 Å². The molecule has 66 valence electrons. The summed E-state index contributed by atoms with van der Waals surface area (Å²) in [5.41, 5.74) is -0.181. The maximum atomic E-state index is 11.0. The zero-order chi connectivity index (χ0) is 8.77. The Kier molecular flexibility index (Phi) is 1.40. The van der Waals surface area contributed by atoms with E-state index in [1.807, 2.05) is 6.92 Å². The lowest BCUT2D eigenvalue weighted by Crippen LogP contribution is -2.42. The maximum Gasteiger partial charge on any atom is 0.351 e. The fourth-order valence-corrected chi connectivity index (χ4v) is 2.14. The van der Waals surface area contributed by atoms with Gasteiger partial charge in [-0.15, -0.1) is 0 Å². The number of carboxylic acids is 1. The number of rotatable bonds is 1. The molecule has 1 saturated carbocycles. The first kappa shape index (κ1) is 7.58. The summed E-state index contributed by atoms with van der Waals surface area (Å²) in [4.78, 5) is 16.0. The minimum Gasteiger partial charge on any atom is -0.478 e. The Morgan fingerprint density at radius 2 is 2.58 bits per heavy atom. The first-order valence-corrected chi connectivity index (χ1v) is 4.13. The normalized spacial score (nSPS) is 38.8. The molecule has 1 N–H and O–H groups in total. The van der Waals surface area contributed by atoms with Gasteiger partial charge in [0.15, 0.2) is 0 Å². The minimum atomic E-state index is -1.01. The molecular weight excluding hydrogens is 158 g/mol. The smallest absolute Gasteiger partial charge is 0.351 e. The highest BCUT2D eigenvalue weighted by atomic mass is 16.7. The van der Waals surface area contributed by atoms with Crippen molar-refractivity contribution in [2.24, 2.45) is 11.1 Å². The summed E-state index contributed by atoms with van der Waals surface area (Å²) in [6, 6.07) is 0. The molecule has 2 rings (SSSR count). The molecule has 4 nitrogen and oxygen atoms in total. The van der Waals surface area contributed by atoms with Crippen LogP contribution >= 0.6 is 0 Å². The van der Waals surface area contributed by atoms with Gasteiger partial charge in [-0.1, -0.05) is 5.16 Å². The zero-order valence-electron chi connectivity index (χ0n) is 6.91. The summed E-state index contributed by atoms with van der Waals surface area (Å²) < 4.78 is 0. The number of fused-ring (bicyclic) bond motifs is 1. The van der Waals surface area contributed by atoms with Crippen LogP contribution < -0.4 is 0 Å². The van der Waals surface area contributed by atoms with Gasteiger partial charge in [0.2, 0.25) is 5.60 Å².